The Morgan fingerprint density at radius 3 is 2.79 bits per heavy atom. The summed E-state index contributed by atoms with van der Waals surface area (Å²) in [6, 6.07) is 6.62. The molecule has 6 heteroatoms. The summed E-state index contributed by atoms with van der Waals surface area (Å²) in [7, 11) is -2.43. The van der Waals surface area contributed by atoms with E-state index in [4.69, 9.17) is 10.5 Å². The van der Waals surface area contributed by atoms with Gasteiger partial charge in [-0.1, -0.05) is 12.1 Å². The zero-order chi connectivity index (χ0) is 10.6. The van der Waals surface area contributed by atoms with Gasteiger partial charge in [0.25, 0.3) is 5.17 Å². The molecule has 0 aliphatic carbocycles. The predicted octanol–water partition coefficient (Wildman–Crippen LogP) is 0.420. The number of thiol groups is 1. The van der Waals surface area contributed by atoms with Crippen LogP contribution in [0.4, 0.5) is 0 Å². The monoisotopic (exact) mass is 231 g/mol. The molecule has 0 fully saturated rings. The third-order valence-corrected chi connectivity index (χ3v) is 2.14. The fourth-order valence-corrected chi connectivity index (χ4v) is 1.56. The number of hydrogen-bond donors (Lipinski definition) is 2. The molecule has 0 aliphatic heterocycles. The second-order valence-electron chi connectivity index (χ2n) is 2.56. The summed E-state index contributed by atoms with van der Waals surface area (Å²) in [4.78, 5) is 0. The molecule has 0 atom stereocenters. The molecule has 4 nitrogen and oxygen atoms in total. The SMILES string of the molecule is NC(=S)Oc1cccc(C[SH](=O)=O)c1. The summed E-state index contributed by atoms with van der Waals surface area (Å²) in [6.45, 7) is 0. The third kappa shape index (κ3) is 3.71. The third-order valence-electron chi connectivity index (χ3n) is 1.43. The van der Waals surface area contributed by atoms with Crippen LogP contribution in [0, 0.1) is 0 Å². The van der Waals surface area contributed by atoms with E-state index < -0.39 is 10.7 Å². The first-order valence-electron chi connectivity index (χ1n) is 3.76. The maximum atomic E-state index is 10.4. The minimum absolute atomic E-state index is 0.0101. The molecule has 0 spiro atoms. The molecule has 0 saturated heterocycles. The van der Waals surface area contributed by atoms with E-state index in [1.807, 2.05) is 0 Å². The Balaban J connectivity index is 2.83. The number of nitrogens with two attached hydrogens (primary N) is 1. The van der Waals surface area contributed by atoms with Gasteiger partial charge in [-0.05, 0) is 29.9 Å². The molecule has 1 aromatic rings. The van der Waals surface area contributed by atoms with Crippen LogP contribution in [0.25, 0.3) is 0 Å². The largest absolute Gasteiger partial charge is 0.432 e. The van der Waals surface area contributed by atoms with Crippen molar-refractivity contribution in [2.24, 2.45) is 5.73 Å². The Morgan fingerprint density at radius 1 is 1.50 bits per heavy atom. The summed E-state index contributed by atoms with van der Waals surface area (Å²) in [5.41, 5.74) is 5.81. The number of rotatable bonds is 3. The molecule has 1 aromatic carbocycles. The van der Waals surface area contributed by atoms with Gasteiger partial charge < -0.3 is 10.5 Å². The van der Waals surface area contributed by atoms with Gasteiger partial charge in [-0.2, -0.15) is 0 Å². The Morgan fingerprint density at radius 2 is 2.21 bits per heavy atom. The van der Waals surface area contributed by atoms with E-state index in [1.165, 1.54) is 0 Å². The van der Waals surface area contributed by atoms with Crippen LogP contribution in [-0.4, -0.2) is 13.6 Å². The highest BCUT2D eigenvalue weighted by atomic mass is 32.2. The number of thiocarbonyl (C=S) groups is 1. The van der Waals surface area contributed by atoms with Crippen molar-refractivity contribution in [3.05, 3.63) is 29.8 Å². The van der Waals surface area contributed by atoms with E-state index in [1.54, 1.807) is 24.3 Å². The Hall–Kier alpha value is -1.14. The first kappa shape index (κ1) is 10.9. The van der Waals surface area contributed by atoms with Gasteiger partial charge in [0, 0.05) is 0 Å². The van der Waals surface area contributed by atoms with Crippen molar-refractivity contribution in [2.75, 3.05) is 0 Å². The average molecular weight is 231 g/mol. The fraction of sp³-hybridized carbons (Fsp3) is 0.125. The average Bonchev–Trinajstić information content (AvgIpc) is 2.01. The molecular weight excluding hydrogens is 222 g/mol. The first-order chi connectivity index (χ1) is 6.58. The van der Waals surface area contributed by atoms with Crippen LogP contribution in [0.5, 0.6) is 5.75 Å². The van der Waals surface area contributed by atoms with Gasteiger partial charge in [-0.3, -0.25) is 0 Å². The summed E-state index contributed by atoms with van der Waals surface area (Å²) in [5, 5.41) is -0.0892. The topological polar surface area (TPSA) is 69.4 Å². The second-order valence-corrected chi connectivity index (χ2v) is 3.94. The van der Waals surface area contributed by atoms with Gasteiger partial charge in [-0.25, -0.2) is 8.42 Å². The lowest BCUT2D eigenvalue weighted by atomic mass is 10.2. The fourth-order valence-electron chi connectivity index (χ4n) is 0.973. The van der Waals surface area contributed by atoms with Gasteiger partial charge in [0.1, 0.15) is 16.5 Å². The number of hydrogen-bond acceptors (Lipinski definition) is 4. The summed E-state index contributed by atoms with van der Waals surface area (Å²) in [6.07, 6.45) is 0. The normalized spacial score (nSPS) is 10.1. The van der Waals surface area contributed by atoms with Gasteiger partial charge in [0.05, 0.1) is 5.75 Å². The van der Waals surface area contributed by atoms with Gasteiger partial charge in [0.15, 0.2) is 0 Å². The lowest BCUT2D eigenvalue weighted by molar-refractivity contribution is 0.556. The molecule has 0 aliphatic rings. The zero-order valence-corrected chi connectivity index (χ0v) is 8.88. The van der Waals surface area contributed by atoms with Crippen molar-refractivity contribution in [1.29, 1.82) is 0 Å². The van der Waals surface area contributed by atoms with Gasteiger partial charge in [-0.15, -0.1) is 0 Å². The molecule has 0 amide bonds. The summed E-state index contributed by atoms with van der Waals surface area (Å²) in [5.74, 6) is 0.441. The molecule has 1 rings (SSSR count). The molecule has 2 N–H and O–H groups in total. The van der Waals surface area contributed by atoms with Crippen molar-refractivity contribution < 1.29 is 13.2 Å². The lowest BCUT2D eigenvalue weighted by Gasteiger charge is -2.03. The lowest BCUT2D eigenvalue weighted by Crippen LogP contribution is -2.15. The van der Waals surface area contributed by atoms with Gasteiger partial charge >= 0.3 is 0 Å². The predicted molar refractivity (Wildman–Crippen MR) is 57.9 cm³/mol. The number of benzene rings is 1. The first-order valence-corrected chi connectivity index (χ1v) is 5.53. The zero-order valence-electron chi connectivity index (χ0n) is 7.17. The van der Waals surface area contributed by atoms with Crippen molar-refractivity contribution in [3.63, 3.8) is 0 Å². The maximum Gasteiger partial charge on any atom is 0.259 e. The minimum Gasteiger partial charge on any atom is -0.432 e. The smallest absolute Gasteiger partial charge is 0.259 e. The van der Waals surface area contributed by atoms with E-state index in [0.717, 1.165) is 0 Å². The second kappa shape index (κ2) is 4.92. The summed E-state index contributed by atoms with van der Waals surface area (Å²) >= 11 is 4.54. The quantitative estimate of drug-likeness (QED) is 0.583. The Bertz CT molecular complexity index is 407. The molecule has 14 heavy (non-hydrogen) atoms. The Kier molecular flexibility index (Phi) is 3.84. The standard InChI is InChI=1S/C8H9NO3S2/c9-8(13)12-7-3-1-2-6(4-7)5-14(10)11/h1-4,14H,5H2,(H2,9,13). The van der Waals surface area contributed by atoms with Crippen molar-refractivity contribution in [3.8, 4) is 5.75 Å². The summed E-state index contributed by atoms with van der Waals surface area (Å²) < 4.78 is 25.8. The maximum absolute atomic E-state index is 10.4. The molecule has 76 valence electrons. The van der Waals surface area contributed by atoms with Crippen LogP contribution in [0.2, 0.25) is 0 Å². The van der Waals surface area contributed by atoms with E-state index in [-0.39, 0.29) is 10.9 Å². The van der Waals surface area contributed by atoms with Crippen LogP contribution in [-0.2, 0) is 16.5 Å². The molecule has 0 aromatic heterocycles. The van der Waals surface area contributed by atoms with E-state index in [0.29, 0.717) is 11.3 Å². The van der Waals surface area contributed by atoms with Crippen molar-refractivity contribution in [1.82, 2.24) is 0 Å². The minimum atomic E-state index is -2.43. The highest BCUT2D eigenvalue weighted by Gasteiger charge is 1.99. The van der Waals surface area contributed by atoms with Crippen LogP contribution >= 0.6 is 12.2 Å². The molecule has 0 saturated carbocycles. The molecule has 0 radical (unpaired) electrons. The molecule has 0 unspecified atom stereocenters. The highest BCUT2D eigenvalue weighted by molar-refractivity contribution is 7.80. The van der Waals surface area contributed by atoms with Gasteiger partial charge in [0.2, 0.25) is 0 Å². The van der Waals surface area contributed by atoms with Crippen molar-refractivity contribution in [2.45, 2.75) is 5.75 Å². The molecule has 0 heterocycles. The van der Waals surface area contributed by atoms with E-state index in [2.05, 4.69) is 12.2 Å². The number of ether oxygens (including phenoxy) is 1. The Labute approximate surface area is 88.6 Å². The van der Waals surface area contributed by atoms with E-state index >= 15 is 0 Å². The van der Waals surface area contributed by atoms with Crippen LogP contribution < -0.4 is 10.5 Å². The van der Waals surface area contributed by atoms with E-state index in [9.17, 15) is 8.42 Å². The van der Waals surface area contributed by atoms with Crippen molar-refractivity contribution >= 4 is 28.1 Å². The van der Waals surface area contributed by atoms with Crippen LogP contribution in [0.1, 0.15) is 5.56 Å². The van der Waals surface area contributed by atoms with Crippen LogP contribution in [0.15, 0.2) is 24.3 Å². The molecular formula is C8H9NO3S2. The molecule has 0 bridgehead atoms. The highest BCUT2D eigenvalue weighted by Crippen LogP contribution is 2.13. The van der Waals surface area contributed by atoms with Crippen LogP contribution in [0.3, 0.4) is 0 Å².